The van der Waals surface area contributed by atoms with E-state index in [0.717, 1.165) is 19.5 Å². The lowest BCUT2D eigenvalue weighted by Gasteiger charge is -2.25. The molecule has 2 aromatic rings. The van der Waals surface area contributed by atoms with E-state index >= 15 is 0 Å². The van der Waals surface area contributed by atoms with Crippen LogP contribution < -0.4 is 10.6 Å². The van der Waals surface area contributed by atoms with E-state index in [1.54, 1.807) is 0 Å². The van der Waals surface area contributed by atoms with Gasteiger partial charge in [-0.3, -0.25) is 0 Å². The van der Waals surface area contributed by atoms with E-state index in [2.05, 4.69) is 61.3 Å². The molecule has 0 aromatic heterocycles. The van der Waals surface area contributed by atoms with E-state index in [4.69, 9.17) is 5.73 Å². The molecule has 0 aliphatic heterocycles. The lowest BCUT2D eigenvalue weighted by molar-refractivity contribution is 0.521. The van der Waals surface area contributed by atoms with Crippen LogP contribution in [-0.2, 0) is 0 Å². The predicted octanol–water partition coefficient (Wildman–Crippen LogP) is 3.26. The van der Waals surface area contributed by atoms with Crippen molar-refractivity contribution in [2.45, 2.75) is 13.3 Å². The minimum absolute atomic E-state index is 0.564. The second-order valence-electron chi connectivity index (χ2n) is 4.89. The first-order valence-corrected chi connectivity index (χ1v) is 6.65. The molecule has 2 N–H and O–H groups in total. The van der Waals surface area contributed by atoms with E-state index in [0.29, 0.717) is 5.92 Å². The van der Waals surface area contributed by atoms with Crippen molar-refractivity contribution in [1.29, 1.82) is 0 Å². The monoisotopic (exact) mass is 242 g/mol. The van der Waals surface area contributed by atoms with Gasteiger partial charge in [0.2, 0.25) is 0 Å². The molecule has 0 amide bonds. The molecule has 2 aromatic carbocycles. The van der Waals surface area contributed by atoms with Crippen molar-refractivity contribution in [3.8, 4) is 0 Å². The fourth-order valence-corrected chi connectivity index (χ4v) is 2.40. The molecule has 0 saturated carbocycles. The molecule has 1 atom stereocenters. The Balaban J connectivity index is 2.30. The topological polar surface area (TPSA) is 29.3 Å². The molecule has 2 rings (SSSR count). The van der Waals surface area contributed by atoms with Gasteiger partial charge in [0.15, 0.2) is 0 Å². The molecule has 2 heteroatoms. The van der Waals surface area contributed by atoms with Crippen molar-refractivity contribution in [2.24, 2.45) is 11.7 Å². The van der Waals surface area contributed by atoms with Gasteiger partial charge in [0.25, 0.3) is 0 Å². The average Bonchev–Trinajstić information content (AvgIpc) is 2.43. The highest BCUT2D eigenvalue weighted by molar-refractivity contribution is 5.94. The number of nitrogens with zero attached hydrogens (tertiary/aromatic N) is 1. The van der Waals surface area contributed by atoms with Crippen LogP contribution in [0.25, 0.3) is 10.8 Å². The number of fused-ring (bicyclic) bond motifs is 1. The van der Waals surface area contributed by atoms with Crippen LogP contribution in [0.15, 0.2) is 42.5 Å². The molecule has 96 valence electrons. The zero-order valence-electron chi connectivity index (χ0n) is 11.3. The Morgan fingerprint density at radius 3 is 2.56 bits per heavy atom. The van der Waals surface area contributed by atoms with Gasteiger partial charge < -0.3 is 10.6 Å². The van der Waals surface area contributed by atoms with Gasteiger partial charge in [-0.1, -0.05) is 49.7 Å². The maximum atomic E-state index is 5.80. The van der Waals surface area contributed by atoms with Crippen LogP contribution in [0.2, 0.25) is 0 Å². The van der Waals surface area contributed by atoms with Crippen LogP contribution in [0.1, 0.15) is 13.3 Å². The molecule has 0 heterocycles. The summed E-state index contributed by atoms with van der Waals surface area (Å²) in [5.74, 6) is 0.564. The maximum Gasteiger partial charge on any atom is 0.0443 e. The third kappa shape index (κ3) is 2.65. The molecule has 0 spiro atoms. The van der Waals surface area contributed by atoms with Crippen molar-refractivity contribution in [3.05, 3.63) is 42.5 Å². The van der Waals surface area contributed by atoms with Gasteiger partial charge in [-0.15, -0.1) is 0 Å². The van der Waals surface area contributed by atoms with Crippen LogP contribution in [0.4, 0.5) is 5.69 Å². The minimum Gasteiger partial charge on any atom is -0.374 e. The summed E-state index contributed by atoms with van der Waals surface area (Å²) in [4.78, 5) is 2.32. The van der Waals surface area contributed by atoms with Crippen molar-refractivity contribution in [3.63, 3.8) is 0 Å². The van der Waals surface area contributed by atoms with Gasteiger partial charge >= 0.3 is 0 Å². The van der Waals surface area contributed by atoms with Gasteiger partial charge in [-0.25, -0.2) is 0 Å². The van der Waals surface area contributed by atoms with Crippen LogP contribution in [-0.4, -0.2) is 20.1 Å². The third-order valence-electron chi connectivity index (χ3n) is 3.62. The average molecular weight is 242 g/mol. The summed E-state index contributed by atoms with van der Waals surface area (Å²) in [5, 5.41) is 2.61. The molecule has 0 bridgehead atoms. The molecule has 0 fully saturated rings. The van der Waals surface area contributed by atoms with E-state index in [1.165, 1.54) is 16.5 Å². The van der Waals surface area contributed by atoms with E-state index in [-0.39, 0.29) is 0 Å². The highest BCUT2D eigenvalue weighted by atomic mass is 15.1. The van der Waals surface area contributed by atoms with E-state index < -0.39 is 0 Å². The largest absolute Gasteiger partial charge is 0.374 e. The first-order valence-electron chi connectivity index (χ1n) is 6.65. The number of benzene rings is 2. The summed E-state index contributed by atoms with van der Waals surface area (Å²) in [5.41, 5.74) is 7.09. The Hall–Kier alpha value is -1.54. The Labute approximate surface area is 109 Å². The molecular weight excluding hydrogens is 220 g/mol. The van der Waals surface area contributed by atoms with Crippen LogP contribution >= 0.6 is 0 Å². The zero-order chi connectivity index (χ0) is 13.0. The Bertz CT molecular complexity index is 498. The van der Waals surface area contributed by atoms with Gasteiger partial charge in [0, 0.05) is 24.7 Å². The summed E-state index contributed by atoms with van der Waals surface area (Å²) in [6.45, 7) is 3.97. The first kappa shape index (κ1) is 12.9. The van der Waals surface area contributed by atoms with Crippen LogP contribution in [0.5, 0.6) is 0 Å². The minimum atomic E-state index is 0.564. The van der Waals surface area contributed by atoms with Gasteiger partial charge in [-0.05, 0) is 23.9 Å². The Morgan fingerprint density at radius 1 is 1.11 bits per heavy atom. The normalized spacial score (nSPS) is 12.6. The van der Waals surface area contributed by atoms with Gasteiger partial charge in [-0.2, -0.15) is 0 Å². The van der Waals surface area contributed by atoms with Crippen molar-refractivity contribution < 1.29 is 0 Å². The highest BCUT2D eigenvalue weighted by Gasteiger charge is 2.10. The van der Waals surface area contributed by atoms with E-state index in [1.807, 2.05) is 0 Å². The van der Waals surface area contributed by atoms with Crippen molar-refractivity contribution >= 4 is 16.5 Å². The summed E-state index contributed by atoms with van der Waals surface area (Å²) < 4.78 is 0. The zero-order valence-corrected chi connectivity index (χ0v) is 11.3. The Kier molecular flexibility index (Phi) is 4.21. The molecule has 0 saturated heterocycles. The number of rotatable bonds is 5. The summed E-state index contributed by atoms with van der Waals surface area (Å²) in [6.07, 6.45) is 1.13. The second-order valence-corrected chi connectivity index (χ2v) is 4.89. The van der Waals surface area contributed by atoms with Gasteiger partial charge in [0.1, 0.15) is 0 Å². The molecule has 2 nitrogen and oxygen atoms in total. The fraction of sp³-hybridized carbons (Fsp3) is 0.375. The van der Waals surface area contributed by atoms with E-state index in [9.17, 15) is 0 Å². The molecular formula is C16H22N2. The molecule has 1 unspecified atom stereocenters. The standard InChI is InChI=1S/C16H22N2/c1-3-13(11-17)12-18(2)16-10-6-8-14-7-4-5-9-15(14)16/h4-10,13H,3,11-12,17H2,1-2H3. The molecule has 0 radical (unpaired) electrons. The number of hydrogen-bond acceptors (Lipinski definition) is 2. The summed E-state index contributed by atoms with van der Waals surface area (Å²) in [6, 6.07) is 15.0. The molecule has 18 heavy (non-hydrogen) atoms. The van der Waals surface area contributed by atoms with Crippen LogP contribution in [0, 0.1) is 5.92 Å². The van der Waals surface area contributed by atoms with Crippen molar-refractivity contribution in [1.82, 2.24) is 0 Å². The lowest BCUT2D eigenvalue weighted by atomic mass is 10.0. The third-order valence-corrected chi connectivity index (χ3v) is 3.62. The lowest BCUT2D eigenvalue weighted by Crippen LogP contribution is -2.29. The molecule has 0 aliphatic carbocycles. The number of anilines is 1. The summed E-state index contributed by atoms with van der Waals surface area (Å²) in [7, 11) is 2.15. The first-order chi connectivity index (χ1) is 8.76. The number of nitrogens with two attached hydrogens (primary N) is 1. The maximum absolute atomic E-state index is 5.80. The van der Waals surface area contributed by atoms with Crippen LogP contribution in [0.3, 0.4) is 0 Å². The number of hydrogen-bond donors (Lipinski definition) is 1. The van der Waals surface area contributed by atoms with Gasteiger partial charge in [0.05, 0.1) is 0 Å². The second kappa shape index (κ2) is 5.87. The fourth-order valence-electron chi connectivity index (χ4n) is 2.40. The summed E-state index contributed by atoms with van der Waals surface area (Å²) >= 11 is 0. The predicted molar refractivity (Wildman–Crippen MR) is 80.1 cm³/mol. The SMILES string of the molecule is CCC(CN)CN(C)c1cccc2ccccc12. The smallest absolute Gasteiger partial charge is 0.0443 e. The molecule has 0 aliphatic rings. The highest BCUT2D eigenvalue weighted by Crippen LogP contribution is 2.26. The van der Waals surface area contributed by atoms with Crippen molar-refractivity contribution in [2.75, 3.05) is 25.0 Å². The Morgan fingerprint density at radius 2 is 1.83 bits per heavy atom. The quantitative estimate of drug-likeness (QED) is 0.872.